The van der Waals surface area contributed by atoms with Gasteiger partial charge in [0.15, 0.2) is 0 Å². The number of ether oxygens (including phenoxy) is 1. The average molecular weight is 445 g/mol. The summed E-state index contributed by atoms with van der Waals surface area (Å²) in [6.07, 6.45) is 6.34. The van der Waals surface area contributed by atoms with Gasteiger partial charge in [-0.15, -0.1) is 0 Å². The van der Waals surface area contributed by atoms with E-state index in [1.807, 2.05) is 61.5 Å². The van der Waals surface area contributed by atoms with E-state index in [4.69, 9.17) is 4.74 Å². The summed E-state index contributed by atoms with van der Waals surface area (Å²) in [4.78, 5) is 29.9. The molecule has 7 heteroatoms. The number of carbonyl (C=O) groups excluding carboxylic acids is 2. The van der Waals surface area contributed by atoms with Crippen LogP contribution in [0.2, 0.25) is 0 Å². The van der Waals surface area contributed by atoms with Crippen LogP contribution in [0, 0.1) is 6.92 Å². The molecule has 0 aliphatic heterocycles. The van der Waals surface area contributed by atoms with Crippen molar-refractivity contribution < 1.29 is 14.3 Å². The van der Waals surface area contributed by atoms with Crippen LogP contribution >= 0.6 is 0 Å². The van der Waals surface area contributed by atoms with Crippen LogP contribution < -0.4 is 20.7 Å². The molecule has 1 aromatic heterocycles. The fraction of sp³-hybridized carbons (Fsp3) is 0.269. The lowest BCUT2D eigenvalue weighted by molar-refractivity contribution is -0.121. The molecular weight excluding hydrogens is 416 g/mol. The summed E-state index contributed by atoms with van der Waals surface area (Å²) in [5.41, 5.74) is 1.63. The minimum atomic E-state index is -0.917. The Bertz CT molecular complexity index is 1100. The van der Waals surface area contributed by atoms with Gasteiger partial charge < -0.3 is 20.7 Å². The van der Waals surface area contributed by atoms with E-state index in [2.05, 4.69) is 20.9 Å². The van der Waals surface area contributed by atoms with E-state index in [0.717, 1.165) is 24.0 Å². The highest BCUT2D eigenvalue weighted by Gasteiger charge is 2.42. The number of hydrogen-bond acceptors (Lipinski definition) is 4. The van der Waals surface area contributed by atoms with Crippen molar-refractivity contribution in [1.82, 2.24) is 15.6 Å². The molecular formula is C26H28N4O3. The minimum Gasteiger partial charge on any atom is -0.455 e. The maximum absolute atomic E-state index is 13.2. The van der Waals surface area contributed by atoms with Crippen LogP contribution in [0.1, 0.15) is 36.8 Å². The number of hydrogen-bond donors (Lipinski definition) is 3. The molecule has 0 spiro atoms. The molecule has 2 aromatic carbocycles. The fourth-order valence-corrected chi connectivity index (χ4v) is 4.05. The first-order valence-electron chi connectivity index (χ1n) is 11.1. The Hall–Kier alpha value is -3.87. The Kier molecular flexibility index (Phi) is 6.88. The minimum absolute atomic E-state index is 0.199. The Morgan fingerprint density at radius 3 is 2.52 bits per heavy atom. The second kappa shape index (κ2) is 10.2. The number of carbonyl (C=O) groups is 2. The summed E-state index contributed by atoms with van der Waals surface area (Å²) in [5, 5.41) is 8.79. The van der Waals surface area contributed by atoms with Crippen LogP contribution in [0.3, 0.4) is 0 Å². The molecule has 3 aromatic rings. The van der Waals surface area contributed by atoms with E-state index in [0.29, 0.717) is 36.6 Å². The lowest BCUT2D eigenvalue weighted by Crippen LogP contribution is -2.57. The number of aromatic nitrogens is 1. The molecule has 1 fully saturated rings. The molecule has 33 heavy (non-hydrogen) atoms. The molecule has 0 atom stereocenters. The number of anilines is 1. The summed E-state index contributed by atoms with van der Waals surface area (Å²) in [6, 6.07) is 18.5. The van der Waals surface area contributed by atoms with Gasteiger partial charge in [0.1, 0.15) is 17.0 Å². The number of amides is 3. The molecule has 3 N–H and O–H groups in total. The van der Waals surface area contributed by atoms with Gasteiger partial charge in [-0.1, -0.05) is 43.2 Å². The summed E-state index contributed by atoms with van der Waals surface area (Å²) in [6.45, 7) is 2.32. The molecule has 170 valence electrons. The molecule has 7 nitrogen and oxygen atoms in total. The second-order valence-electron chi connectivity index (χ2n) is 8.31. The first-order chi connectivity index (χ1) is 16.0. The third kappa shape index (κ3) is 5.68. The van der Waals surface area contributed by atoms with E-state index in [-0.39, 0.29) is 11.9 Å². The first kappa shape index (κ1) is 22.3. The number of rotatable bonds is 7. The molecule has 0 radical (unpaired) electrons. The van der Waals surface area contributed by atoms with Gasteiger partial charge >= 0.3 is 6.03 Å². The standard InChI is InChI=1S/C26H28N4O3/c1-19-16-21(11-12-23(19)33-22-10-7-15-27-18-22)29-24(31)26(13-5-6-14-26)30-25(32)28-17-20-8-3-2-4-9-20/h2-4,7-12,15-16,18H,5-6,13-14,17H2,1H3,(H,29,31)(H2,28,30,32). The maximum Gasteiger partial charge on any atom is 0.315 e. The predicted octanol–water partition coefficient (Wildman–Crippen LogP) is 4.93. The molecule has 4 rings (SSSR count). The van der Waals surface area contributed by atoms with Crippen LogP contribution in [0.15, 0.2) is 73.1 Å². The second-order valence-corrected chi connectivity index (χ2v) is 8.31. The monoisotopic (exact) mass is 444 g/mol. The van der Waals surface area contributed by atoms with E-state index in [1.165, 1.54) is 0 Å². The van der Waals surface area contributed by atoms with Gasteiger partial charge in [0.05, 0.1) is 6.20 Å². The summed E-state index contributed by atoms with van der Waals surface area (Å²) < 4.78 is 5.86. The van der Waals surface area contributed by atoms with Gasteiger partial charge in [0, 0.05) is 18.4 Å². The van der Waals surface area contributed by atoms with Crippen LogP contribution in [-0.2, 0) is 11.3 Å². The Morgan fingerprint density at radius 1 is 1.03 bits per heavy atom. The molecule has 1 heterocycles. The third-order valence-corrected chi connectivity index (χ3v) is 5.84. The number of nitrogens with zero attached hydrogens (tertiary/aromatic N) is 1. The number of benzene rings is 2. The number of aryl methyl sites for hydroxylation is 1. The zero-order valence-corrected chi connectivity index (χ0v) is 18.6. The molecule has 3 amide bonds. The lowest BCUT2D eigenvalue weighted by atomic mass is 9.96. The third-order valence-electron chi connectivity index (χ3n) is 5.84. The van der Waals surface area contributed by atoms with E-state index in [9.17, 15) is 9.59 Å². The summed E-state index contributed by atoms with van der Waals surface area (Å²) >= 11 is 0. The highest BCUT2D eigenvalue weighted by Crippen LogP contribution is 2.32. The molecule has 1 aliphatic rings. The zero-order valence-electron chi connectivity index (χ0n) is 18.6. The van der Waals surface area contributed by atoms with E-state index in [1.54, 1.807) is 18.5 Å². The van der Waals surface area contributed by atoms with Crippen molar-refractivity contribution in [1.29, 1.82) is 0 Å². The number of pyridine rings is 1. The molecule has 0 unspecified atom stereocenters. The predicted molar refractivity (Wildman–Crippen MR) is 127 cm³/mol. The Labute approximate surface area is 193 Å². The van der Waals surface area contributed by atoms with Gasteiger partial charge in [-0.3, -0.25) is 9.78 Å². The molecule has 1 saturated carbocycles. The summed E-state index contributed by atoms with van der Waals surface area (Å²) in [5.74, 6) is 1.14. The average Bonchev–Trinajstić information content (AvgIpc) is 3.30. The van der Waals surface area contributed by atoms with Crippen LogP contribution in [-0.4, -0.2) is 22.5 Å². The smallest absolute Gasteiger partial charge is 0.315 e. The Morgan fingerprint density at radius 2 is 1.82 bits per heavy atom. The van der Waals surface area contributed by atoms with Crippen molar-refractivity contribution in [3.63, 3.8) is 0 Å². The number of nitrogens with one attached hydrogen (secondary N) is 3. The number of urea groups is 1. The molecule has 0 saturated heterocycles. The molecule has 0 bridgehead atoms. The highest BCUT2D eigenvalue weighted by molar-refractivity contribution is 6.00. The lowest BCUT2D eigenvalue weighted by Gasteiger charge is -2.29. The van der Waals surface area contributed by atoms with Gasteiger partial charge in [0.2, 0.25) is 5.91 Å². The van der Waals surface area contributed by atoms with Crippen LogP contribution in [0.5, 0.6) is 11.5 Å². The van der Waals surface area contributed by atoms with Gasteiger partial charge in [-0.2, -0.15) is 0 Å². The van der Waals surface area contributed by atoms with Gasteiger partial charge in [-0.05, 0) is 61.2 Å². The van der Waals surface area contributed by atoms with Crippen molar-refractivity contribution in [3.8, 4) is 11.5 Å². The van der Waals surface area contributed by atoms with Crippen molar-refractivity contribution in [3.05, 3.63) is 84.2 Å². The van der Waals surface area contributed by atoms with Crippen molar-refractivity contribution in [2.75, 3.05) is 5.32 Å². The highest BCUT2D eigenvalue weighted by atomic mass is 16.5. The SMILES string of the molecule is Cc1cc(NC(=O)C2(NC(=O)NCc3ccccc3)CCCC2)ccc1Oc1cccnc1. The maximum atomic E-state index is 13.2. The molecule has 1 aliphatic carbocycles. The fourth-order valence-electron chi connectivity index (χ4n) is 4.05. The van der Waals surface area contributed by atoms with Gasteiger partial charge in [-0.25, -0.2) is 4.79 Å². The van der Waals surface area contributed by atoms with E-state index >= 15 is 0 Å². The van der Waals surface area contributed by atoms with Crippen molar-refractivity contribution in [2.45, 2.75) is 44.7 Å². The van der Waals surface area contributed by atoms with E-state index < -0.39 is 5.54 Å². The zero-order chi connectivity index (χ0) is 23.1. The van der Waals surface area contributed by atoms with Crippen molar-refractivity contribution in [2.24, 2.45) is 0 Å². The normalized spacial score (nSPS) is 14.3. The van der Waals surface area contributed by atoms with Gasteiger partial charge in [0.25, 0.3) is 0 Å². The van der Waals surface area contributed by atoms with Crippen LogP contribution in [0.25, 0.3) is 0 Å². The van der Waals surface area contributed by atoms with Crippen LogP contribution in [0.4, 0.5) is 10.5 Å². The largest absolute Gasteiger partial charge is 0.455 e. The van der Waals surface area contributed by atoms with Crippen molar-refractivity contribution >= 4 is 17.6 Å². The quantitative estimate of drug-likeness (QED) is 0.482. The Balaban J connectivity index is 1.39. The first-order valence-corrected chi connectivity index (χ1v) is 11.1. The topological polar surface area (TPSA) is 92.4 Å². The summed E-state index contributed by atoms with van der Waals surface area (Å²) in [7, 11) is 0.